The lowest BCUT2D eigenvalue weighted by atomic mass is 9.67. The fraction of sp³-hybridized carbons (Fsp3) is 1.00. The molecule has 0 aliphatic carbocycles. The van der Waals surface area contributed by atoms with Gasteiger partial charge in [0.15, 0.2) is 0 Å². The number of nitrogens with zero attached hydrogens (tertiary/aromatic N) is 1. The summed E-state index contributed by atoms with van der Waals surface area (Å²) in [5, 5.41) is 3.02. The second-order valence-electron chi connectivity index (χ2n) is 8.63. The molecule has 0 radical (unpaired) electrons. The van der Waals surface area contributed by atoms with Crippen LogP contribution in [0.1, 0.15) is 48.0 Å². The van der Waals surface area contributed by atoms with Crippen LogP contribution in [0.25, 0.3) is 0 Å². The van der Waals surface area contributed by atoms with Gasteiger partial charge in [-0.1, -0.05) is 34.6 Å². The Morgan fingerprint density at radius 3 is 1.90 bits per heavy atom. The highest BCUT2D eigenvalue weighted by atomic mass is 19.1. The second-order valence-corrected chi connectivity index (χ2v) is 8.63. The summed E-state index contributed by atoms with van der Waals surface area (Å²) in [6, 6.07) is 0.226. The van der Waals surface area contributed by atoms with Gasteiger partial charge < -0.3 is 5.32 Å². The highest BCUT2D eigenvalue weighted by molar-refractivity contribution is 5.08. The molecule has 118 valence electrons. The Kier molecular flexibility index (Phi) is 3.75. The zero-order chi connectivity index (χ0) is 15.4. The summed E-state index contributed by atoms with van der Waals surface area (Å²) in [5.41, 5.74) is -2.90. The quantitative estimate of drug-likeness (QED) is 0.855. The van der Waals surface area contributed by atoms with Gasteiger partial charge in [0.2, 0.25) is 0 Å². The van der Waals surface area contributed by atoms with Crippen LogP contribution < -0.4 is 5.32 Å². The molecule has 2 aliphatic heterocycles. The lowest BCUT2D eigenvalue weighted by molar-refractivity contribution is -0.131. The third-order valence-electron chi connectivity index (χ3n) is 5.70. The average molecular weight is 288 g/mol. The van der Waals surface area contributed by atoms with E-state index in [9.17, 15) is 8.78 Å². The van der Waals surface area contributed by atoms with Crippen molar-refractivity contribution in [3.63, 3.8) is 0 Å². The molecule has 2 saturated heterocycles. The SMILES string of the molecule is CC(CC(C)(C)C1(F)CNC1)N1CC(F)(C(C)(C)C)C1. The largest absolute Gasteiger partial charge is 0.310 e. The zero-order valence-electron chi connectivity index (χ0n) is 13.8. The van der Waals surface area contributed by atoms with Gasteiger partial charge in [0.1, 0.15) is 11.3 Å². The number of hydrogen-bond acceptors (Lipinski definition) is 2. The Morgan fingerprint density at radius 2 is 1.55 bits per heavy atom. The smallest absolute Gasteiger partial charge is 0.141 e. The van der Waals surface area contributed by atoms with Crippen LogP contribution in [0.5, 0.6) is 0 Å². The first kappa shape index (κ1) is 16.2. The number of nitrogens with one attached hydrogen (secondary N) is 1. The van der Waals surface area contributed by atoms with E-state index in [1.165, 1.54) is 0 Å². The lowest BCUT2D eigenvalue weighted by Gasteiger charge is -2.56. The molecule has 0 spiro atoms. The fourth-order valence-electron chi connectivity index (χ4n) is 3.26. The van der Waals surface area contributed by atoms with Crippen molar-refractivity contribution in [2.24, 2.45) is 10.8 Å². The van der Waals surface area contributed by atoms with E-state index in [0.717, 1.165) is 6.42 Å². The maximum atomic E-state index is 14.6. The molecule has 1 N–H and O–H groups in total. The molecule has 0 bridgehead atoms. The molecule has 0 aromatic heterocycles. The molecule has 2 fully saturated rings. The molecule has 0 aromatic carbocycles. The van der Waals surface area contributed by atoms with Gasteiger partial charge in [0.05, 0.1) is 0 Å². The molecular formula is C16H30F2N2. The van der Waals surface area contributed by atoms with Gasteiger partial charge >= 0.3 is 0 Å². The summed E-state index contributed by atoms with van der Waals surface area (Å²) in [6.45, 7) is 13.8. The third-order valence-corrected chi connectivity index (χ3v) is 5.70. The summed E-state index contributed by atoms with van der Waals surface area (Å²) in [5.74, 6) is 0. The number of likely N-dealkylation sites (tertiary alicyclic amines) is 1. The van der Waals surface area contributed by atoms with Crippen molar-refractivity contribution < 1.29 is 8.78 Å². The van der Waals surface area contributed by atoms with Crippen LogP contribution in [0, 0.1) is 10.8 Å². The Morgan fingerprint density at radius 1 is 1.05 bits per heavy atom. The first-order valence-corrected chi connectivity index (χ1v) is 7.73. The number of rotatable bonds is 4. The monoisotopic (exact) mass is 288 g/mol. The standard InChI is InChI=1S/C16H30F2N2/c1-12(7-14(5,6)15(17)8-19-9-15)20-10-16(18,11-20)13(2,3)4/h12,19H,7-11H2,1-6H3. The number of alkyl halides is 2. The predicted octanol–water partition coefficient (Wildman–Crippen LogP) is 3.17. The van der Waals surface area contributed by atoms with Crippen molar-refractivity contribution >= 4 is 0 Å². The summed E-state index contributed by atoms with van der Waals surface area (Å²) in [7, 11) is 0. The van der Waals surface area contributed by atoms with Gasteiger partial charge in [-0.15, -0.1) is 0 Å². The van der Waals surface area contributed by atoms with Crippen LogP contribution >= 0.6 is 0 Å². The highest BCUT2D eigenvalue weighted by Gasteiger charge is 2.55. The molecular weight excluding hydrogens is 258 g/mol. The van der Waals surface area contributed by atoms with Crippen LogP contribution in [0.3, 0.4) is 0 Å². The van der Waals surface area contributed by atoms with Crippen molar-refractivity contribution in [1.29, 1.82) is 0 Å². The van der Waals surface area contributed by atoms with E-state index >= 15 is 0 Å². The van der Waals surface area contributed by atoms with Gasteiger partial charge in [-0.05, 0) is 18.8 Å². The van der Waals surface area contributed by atoms with E-state index in [4.69, 9.17) is 0 Å². The minimum Gasteiger partial charge on any atom is -0.310 e. The molecule has 0 amide bonds. The van der Waals surface area contributed by atoms with Crippen LogP contribution in [0.15, 0.2) is 0 Å². The van der Waals surface area contributed by atoms with Crippen molar-refractivity contribution in [2.45, 2.75) is 65.3 Å². The number of halogens is 2. The maximum absolute atomic E-state index is 14.6. The van der Waals surface area contributed by atoms with Gasteiger partial charge in [-0.2, -0.15) is 0 Å². The zero-order valence-corrected chi connectivity index (χ0v) is 13.8. The predicted molar refractivity (Wildman–Crippen MR) is 79.4 cm³/mol. The summed E-state index contributed by atoms with van der Waals surface area (Å²) >= 11 is 0. The van der Waals surface area contributed by atoms with Gasteiger partial charge in [0.25, 0.3) is 0 Å². The Bertz CT molecular complexity index is 363. The van der Waals surface area contributed by atoms with Crippen molar-refractivity contribution in [3.05, 3.63) is 0 Å². The normalized spacial score (nSPS) is 27.6. The van der Waals surface area contributed by atoms with E-state index in [0.29, 0.717) is 26.2 Å². The Labute approximate surface area is 122 Å². The molecule has 2 heterocycles. The van der Waals surface area contributed by atoms with E-state index in [2.05, 4.69) is 17.1 Å². The third kappa shape index (κ3) is 2.50. The van der Waals surface area contributed by atoms with E-state index in [1.807, 2.05) is 34.6 Å². The summed E-state index contributed by atoms with van der Waals surface area (Å²) < 4.78 is 29.3. The molecule has 0 saturated carbocycles. The fourth-order valence-corrected chi connectivity index (χ4v) is 3.26. The molecule has 0 aromatic rings. The van der Waals surface area contributed by atoms with Gasteiger partial charge in [0, 0.05) is 37.6 Å². The molecule has 2 nitrogen and oxygen atoms in total. The van der Waals surface area contributed by atoms with Gasteiger partial charge in [-0.3, -0.25) is 4.90 Å². The molecule has 1 atom stereocenters. The van der Waals surface area contributed by atoms with Crippen molar-refractivity contribution in [1.82, 2.24) is 10.2 Å². The highest BCUT2D eigenvalue weighted by Crippen LogP contribution is 2.46. The van der Waals surface area contributed by atoms with Crippen LogP contribution in [0.2, 0.25) is 0 Å². The van der Waals surface area contributed by atoms with Crippen LogP contribution in [-0.4, -0.2) is 48.5 Å². The van der Waals surface area contributed by atoms with E-state index in [-0.39, 0.29) is 16.9 Å². The van der Waals surface area contributed by atoms with Crippen molar-refractivity contribution in [2.75, 3.05) is 26.2 Å². The van der Waals surface area contributed by atoms with Crippen LogP contribution in [0.4, 0.5) is 8.78 Å². The summed E-state index contributed by atoms with van der Waals surface area (Å²) in [6.07, 6.45) is 0.769. The first-order valence-electron chi connectivity index (χ1n) is 7.73. The molecule has 2 rings (SSSR count). The molecule has 4 heteroatoms. The van der Waals surface area contributed by atoms with Crippen molar-refractivity contribution in [3.8, 4) is 0 Å². The maximum Gasteiger partial charge on any atom is 0.141 e. The number of hydrogen-bond donors (Lipinski definition) is 1. The summed E-state index contributed by atoms with van der Waals surface area (Å²) in [4.78, 5) is 2.16. The minimum absolute atomic E-state index is 0.226. The first-order chi connectivity index (χ1) is 8.90. The van der Waals surface area contributed by atoms with E-state index < -0.39 is 11.3 Å². The molecule has 1 unspecified atom stereocenters. The Balaban J connectivity index is 1.90. The van der Waals surface area contributed by atoms with Gasteiger partial charge in [-0.25, -0.2) is 8.78 Å². The Hall–Kier alpha value is -0.220. The average Bonchev–Trinajstić information content (AvgIpc) is 2.18. The topological polar surface area (TPSA) is 15.3 Å². The minimum atomic E-state index is -1.11. The van der Waals surface area contributed by atoms with E-state index in [1.54, 1.807) is 0 Å². The molecule has 2 aliphatic rings. The van der Waals surface area contributed by atoms with Crippen LogP contribution in [-0.2, 0) is 0 Å². The lowest BCUT2D eigenvalue weighted by Crippen LogP contribution is -2.69. The second kappa shape index (κ2) is 4.64. The molecule has 20 heavy (non-hydrogen) atoms.